The second-order valence-electron chi connectivity index (χ2n) is 4.48. The maximum atomic E-state index is 11.1. The lowest BCUT2D eigenvalue weighted by molar-refractivity contribution is -0.385. The number of nitro benzene ring substituents is 1. The number of rotatable bonds is 9. The first kappa shape index (κ1) is 17.5. The number of benzene rings is 1. The lowest BCUT2D eigenvalue weighted by Crippen LogP contribution is -2.03. The van der Waals surface area contributed by atoms with Gasteiger partial charge in [-0.1, -0.05) is 13.8 Å². The van der Waals surface area contributed by atoms with Crippen molar-refractivity contribution < 1.29 is 24.3 Å². The van der Waals surface area contributed by atoms with Crippen molar-refractivity contribution in [3.05, 3.63) is 33.9 Å². The first-order chi connectivity index (χ1) is 10.5. The molecular formula is C15H19NO6. The molecule has 7 heteroatoms. The summed E-state index contributed by atoms with van der Waals surface area (Å²) < 4.78 is 10.9. The van der Waals surface area contributed by atoms with Crippen LogP contribution >= 0.6 is 0 Å². The summed E-state index contributed by atoms with van der Waals surface area (Å²) in [6.45, 7) is 4.58. The molecule has 1 N–H and O–H groups in total. The largest absolute Gasteiger partial charge is 0.493 e. The topological polar surface area (TPSA) is 98.9 Å². The van der Waals surface area contributed by atoms with E-state index in [-0.39, 0.29) is 11.4 Å². The summed E-state index contributed by atoms with van der Waals surface area (Å²) in [7, 11) is 0. The van der Waals surface area contributed by atoms with E-state index in [0.717, 1.165) is 12.5 Å². The standard InChI is InChI=1S/C15H19NO6/c1-3-7-21-13-10-14(22-8-4-2)12(16(19)20)9-11(13)5-6-15(17)18/h5-6,9-10H,3-4,7-8H2,1-2H3,(H,17,18)/b6-5+. The summed E-state index contributed by atoms with van der Waals surface area (Å²) in [6, 6.07) is 2.69. The van der Waals surface area contributed by atoms with E-state index in [9.17, 15) is 14.9 Å². The van der Waals surface area contributed by atoms with Gasteiger partial charge >= 0.3 is 11.7 Å². The zero-order valence-electron chi connectivity index (χ0n) is 12.6. The van der Waals surface area contributed by atoms with E-state index in [1.807, 2.05) is 13.8 Å². The molecule has 0 amide bonds. The number of carbonyl (C=O) groups is 1. The van der Waals surface area contributed by atoms with Crippen LogP contribution in [0.1, 0.15) is 32.3 Å². The molecule has 0 aliphatic carbocycles. The fourth-order valence-corrected chi connectivity index (χ4v) is 1.66. The second kappa shape index (κ2) is 8.66. The molecule has 0 aromatic heterocycles. The van der Waals surface area contributed by atoms with Gasteiger partial charge in [0.1, 0.15) is 5.75 Å². The summed E-state index contributed by atoms with van der Waals surface area (Å²) in [5.41, 5.74) is 0.105. The van der Waals surface area contributed by atoms with E-state index < -0.39 is 10.9 Å². The van der Waals surface area contributed by atoms with Crippen LogP contribution in [0.15, 0.2) is 18.2 Å². The SMILES string of the molecule is CCCOc1cc(OCCC)c([N+](=O)[O-])cc1/C=C/C(=O)O. The molecule has 0 saturated carbocycles. The number of carboxylic acid groups (broad SMARTS) is 1. The van der Waals surface area contributed by atoms with Crippen LogP contribution in [0.5, 0.6) is 11.5 Å². The van der Waals surface area contributed by atoms with Crippen LogP contribution in [0.2, 0.25) is 0 Å². The van der Waals surface area contributed by atoms with E-state index in [1.54, 1.807) is 0 Å². The van der Waals surface area contributed by atoms with Gasteiger partial charge in [0.05, 0.1) is 18.1 Å². The molecule has 1 aromatic carbocycles. The molecule has 0 bridgehead atoms. The summed E-state index contributed by atoms with van der Waals surface area (Å²) >= 11 is 0. The average Bonchev–Trinajstić information content (AvgIpc) is 2.48. The Morgan fingerprint density at radius 2 is 1.82 bits per heavy atom. The Bertz CT molecular complexity index is 567. The van der Waals surface area contributed by atoms with Crippen molar-refractivity contribution >= 4 is 17.7 Å². The van der Waals surface area contributed by atoms with Crippen LogP contribution in [0.4, 0.5) is 5.69 Å². The van der Waals surface area contributed by atoms with Crippen LogP contribution in [-0.4, -0.2) is 29.2 Å². The number of ether oxygens (including phenoxy) is 2. The average molecular weight is 309 g/mol. The fourth-order valence-electron chi connectivity index (χ4n) is 1.66. The molecular weight excluding hydrogens is 290 g/mol. The van der Waals surface area contributed by atoms with Crippen molar-refractivity contribution in [2.45, 2.75) is 26.7 Å². The normalized spacial score (nSPS) is 10.6. The summed E-state index contributed by atoms with van der Waals surface area (Å²) in [5.74, 6) is -0.670. The molecule has 1 aromatic rings. The van der Waals surface area contributed by atoms with E-state index in [2.05, 4.69) is 0 Å². The highest BCUT2D eigenvalue weighted by molar-refractivity contribution is 5.86. The summed E-state index contributed by atoms with van der Waals surface area (Å²) in [5, 5.41) is 19.8. The van der Waals surface area contributed by atoms with E-state index in [4.69, 9.17) is 14.6 Å². The molecule has 22 heavy (non-hydrogen) atoms. The molecule has 7 nitrogen and oxygen atoms in total. The molecule has 120 valence electrons. The molecule has 0 heterocycles. The predicted octanol–water partition coefficient (Wildman–Crippen LogP) is 3.27. The molecule has 0 atom stereocenters. The number of nitro groups is 1. The van der Waals surface area contributed by atoms with E-state index in [0.29, 0.717) is 30.9 Å². The number of aliphatic carboxylic acids is 1. The number of hydrogen-bond donors (Lipinski definition) is 1. The quantitative estimate of drug-likeness (QED) is 0.427. The van der Waals surface area contributed by atoms with Crippen molar-refractivity contribution in [1.82, 2.24) is 0 Å². The Balaban J connectivity index is 3.29. The van der Waals surface area contributed by atoms with Gasteiger partial charge in [-0.15, -0.1) is 0 Å². The maximum Gasteiger partial charge on any atom is 0.328 e. The van der Waals surface area contributed by atoms with Gasteiger partial charge in [0.2, 0.25) is 5.75 Å². The van der Waals surface area contributed by atoms with Crippen LogP contribution in [0.3, 0.4) is 0 Å². The zero-order valence-corrected chi connectivity index (χ0v) is 12.6. The lowest BCUT2D eigenvalue weighted by Gasteiger charge is -2.12. The third kappa shape index (κ3) is 5.08. The Hall–Kier alpha value is -2.57. The zero-order chi connectivity index (χ0) is 16.5. The van der Waals surface area contributed by atoms with E-state index >= 15 is 0 Å². The van der Waals surface area contributed by atoms with Crippen molar-refractivity contribution in [3.8, 4) is 11.5 Å². The van der Waals surface area contributed by atoms with Crippen molar-refractivity contribution in [1.29, 1.82) is 0 Å². The Labute approximate surface area is 128 Å². The molecule has 0 unspecified atom stereocenters. The molecule has 0 aliphatic rings. The van der Waals surface area contributed by atoms with Gasteiger partial charge < -0.3 is 14.6 Å². The van der Waals surface area contributed by atoms with Crippen molar-refractivity contribution in [2.24, 2.45) is 0 Å². The highest BCUT2D eigenvalue weighted by Gasteiger charge is 2.19. The molecule has 1 rings (SSSR count). The molecule has 0 aliphatic heterocycles. The highest BCUT2D eigenvalue weighted by atomic mass is 16.6. The van der Waals surface area contributed by atoms with Crippen molar-refractivity contribution in [2.75, 3.05) is 13.2 Å². The third-order valence-electron chi connectivity index (χ3n) is 2.62. The third-order valence-corrected chi connectivity index (χ3v) is 2.62. The monoisotopic (exact) mass is 309 g/mol. The van der Waals surface area contributed by atoms with Crippen molar-refractivity contribution in [3.63, 3.8) is 0 Å². The minimum Gasteiger partial charge on any atom is -0.493 e. The van der Waals surface area contributed by atoms with Gasteiger partial charge in [0.25, 0.3) is 0 Å². The maximum absolute atomic E-state index is 11.1. The highest BCUT2D eigenvalue weighted by Crippen LogP contribution is 2.35. The van der Waals surface area contributed by atoms with Gasteiger partial charge in [0, 0.05) is 23.8 Å². The Kier molecular flexibility index (Phi) is 6.88. The fraction of sp³-hybridized carbons (Fsp3) is 0.400. The number of nitrogens with zero attached hydrogens (tertiary/aromatic N) is 1. The first-order valence-corrected chi connectivity index (χ1v) is 6.98. The minimum absolute atomic E-state index is 0.116. The van der Waals surface area contributed by atoms with Gasteiger partial charge in [-0.25, -0.2) is 4.79 Å². The smallest absolute Gasteiger partial charge is 0.328 e. The predicted molar refractivity (Wildman–Crippen MR) is 81.3 cm³/mol. The Morgan fingerprint density at radius 1 is 1.23 bits per heavy atom. The molecule has 0 radical (unpaired) electrons. The Morgan fingerprint density at radius 3 is 2.32 bits per heavy atom. The summed E-state index contributed by atoms with van der Waals surface area (Å²) in [4.78, 5) is 21.2. The molecule has 0 fully saturated rings. The van der Waals surface area contributed by atoms with Crippen LogP contribution in [-0.2, 0) is 4.79 Å². The van der Waals surface area contributed by atoms with E-state index in [1.165, 1.54) is 18.2 Å². The van der Waals surface area contributed by atoms with Crippen LogP contribution < -0.4 is 9.47 Å². The lowest BCUT2D eigenvalue weighted by atomic mass is 10.1. The second-order valence-corrected chi connectivity index (χ2v) is 4.48. The van der Waals surface area contributed by atoms with Gasteiger partial charge in [-0.3, -0.25) is 10.1 Å². The molecule has 0 spiro atoms. The molecule has 0 saturated heterocycles. The number of hydrogen-bond acceptors (Lipinski definition) is 5. The van der Waals surface area contributed by atoms with Gasteiger partial charge in [-0.2, -0.15) is 0 Å². The summed E-state index contributed by atoms with van der Waals surface area (Å²) in [6.07, 6.45) is 3.64. The van der Waals surface area contributed by atoms with Crippen LogP contribution in [0.25, 0.3) is 6.08 Å². The van der Waals surface area contributed by atoms with Gasteiger partial charge in [-0.05, 0) is 18.9 Å². The first-order valence-electron chi connectivity index (χ1n) is 6.98. The minimum atomic E-state index is -1.14. The van der Waals surface area contributed by atoms with Crippen LogP contribution in [0, 0.1) is 10.1 Å². The van der Waals surface area contributed by atoms with Gasteiger partial charge in [0.15, 0.2) is 0 Å². The number of carboxylic acids is 1.